The zero-order chi connectivity index (χ0) is 27.8. The number of halogens is 1. The maximum Gasteiger partial charge on any atom is 0.251 e. The molecule has 3 aromatic carbocycles. The van der Waals surface area contributed by atoms with E-state index in [-0.39, 0.29) is 24.0 Å². The van der Waals surface area contributed by atoms with Crippen molar-refractivity contribution in [2.24, 2.45) is 5.92 Å². The van der Waals surface area contributed by atoms with E-state index in [0.29, 0.717) is 22.7 Å². The molecule has 4 atom stereocenters. The highest BCUT2D eigenvalue weighted by atomic mass is 35.5. The van der Waals surface area contributed by atoms with Crippen LogP contribution in [-0.2, 0) is 0 Å². The monoisotopic (exact) mass is 556 g/mol. The molecule has 40 heavy (non-hydrogen) atoms. The maximum atomic E-state index is 13.4. The summed E-state index contributed by atoms with van der Waals surface area (Å²) >= 11 is 6.46. The van der Waals surface area contributed by atoms with Gasteiger partial charge >= 0.3 is 0 Å². The minimum absolute atomic E-state index is 0.140. The van der Waals surface area contributed by atoms with Gasteiger partial charge in [-0.3, -0.25) is 9.89 Å². The topological polar surface area (TPSA) is 70.2 Å². The van der Waals surface area contributed by atoms with E-state index in [0.717, 1.165) is 46.3 Å². The first-order valence-corrected chi connectivity index (χ1v) is 14.8. The van der Waals surface area contributed by atoms with Gasteiger partial charge in [0.15, 0.2) is 0 Å². The molecule has 2 saturated heterocycles. The number of nitrogens with one attached hydrogen (secondary N) is 2. The molecule has 6 nitrogen and oxygen atoms in total. The van der Waals surface area contributed by atoms with Crippen LogP contribution < -0.4 is 10.1 Å². The number of H-pyrrole nitrogens is 1. The van der Waals surface area contributed by atoms with Gasteiger partial charge in [-0.2, -0.15) is 5.10 Å². The second-order valence-electron chi connectivity index (χ2n) is 11.7. The van der Waals surface area contributed by atoms with E-state index in [1.807, 2.05) is 54.6 Å². The molecular formula is C33H37ClN4O2. The number of rotatable bonds is 7. The SMILES string of the molecule is CC(C)C(NC(=O)c1ccc2[nH]nc(-c3ccc(OC4C[C@H]5CCC[C@@H](C4)N5C)cc3)c2c1)c1ccccc1Cl. The summed E-state index contributed by atoms with van der Waals surface area (Å²) in [7, 11) is 2.27. The third kappa shape index (κ3) is 5.35. The summed E-state index contributed by atoms with van der Waals surface area (Å²) in [5, 5.41) is 12.5. The Hall–Kier alpha value is -3.35. The highest BCUT2D eigenvalue weighted by Crippen LogP contribution is 2.35. The number of benzene rings is 3. The van der Waals surface area contributed by atoms with Crippen LogP contribution in [0.25, 0.3) is 22.2 Å². The second kappa shape index (κ2) is 11.3. The summed E-state index contributed by atoms with van der Waals surface area (Å²) in [6, 6.07) is 22.6. The molecule has 2 N–H and O–H groups in total. The quantitative estimate of drug-likeness (QED) is 0.249. The molecule has 2 aliphatic heterocycles. The highest BCUT2D eigenvalue weighted by molar-refractivity contribution is 6.31. The van der Waals surface area contributed by atoms with E-state index >= 15 is 0 Å². The molecule has 1 aromatic heterocycles. The zero-order valence-electron chi connectivity index (χ0n) is 23.4. The van der Waals surface area contributed by atoms with Crippen molar-refractivity contribution in [3.05, 3.63) is 82.9 Å². The van der Waals surface area contributed by atoms with Crippen molar-refractivity contribution in [2.45, 2.75) is 70.2 Å². The number of fused-ring (bicyclic) bond motifs is 3. The van der Waals surface area contributed by atoms with Crippen molar-refractivity contribution in [2.75, 3.05) is 7.05 Å². The van der Waals surface area contributed by atoms with Crippen LogP contribution in [0.1, 0.15) is 67.9 Å². The van der Waals surface area contributed by atoms with E-state index in [4.69, 9.17) is 16.3 Å². The maximum absolute atomic E-state index is 13.4. The number of aromatic nitrogens is 2. The minimum atomic E-state index is -0.197. The summed E-state index contributed by atoms with van der Waals surface area (Å²) in [4.78, 5) is 15.9. The fourth-order valence-corrected chi connectivity index (χ4v) is 6.73. The molecule has 6 rings (SSSR count). The number of carbonyl (C=O) groups is 1. The summed E-state index contributed by atoms with van der Waals surface area (Å²) in [6.45, 7) is 4.16. The molecular weight excluding hydrogens is 520 g/mol. The van der Waals surface area contributed by atoms with Crippen molar-refractivity contribution in [3.63, 3.8) is 0 Å². The Labute approximate surface area is 241 Å². The Kier molecular flexibility index (Phi) is 7.56. The standard InChI is InChI=1S/C33H37ClN4O2/c1-20(2)31(27-9-4-5-10-29(27)34)35-33(39)22-13-16-30-28(17-22)32(37-36-30)21-11-14-25(15-12-21)40-26-18-23-7-6-8-24(19-26)38(23)3/h4-5,9-17,20,23-24,26,31H,6-8,18-19H2,1-3H3,(H,35,39)(H,36,37)/t23-,24+,26?,31?. The van der Waals surface area contributed by atoms with Gasteiger partial charge in [0.05, 0.1) is 17.3 Å². The number of aromatic amines is 1. The van der Waals surface area contributed by atoms with Crippen molar-refractivity contribution in [1.29, 1.82) is 0 Å². The van der Waals surface area contributed by atoms with Crippen LogP contribution in [0.5, 0.6) is 5.75 Å². The lowest BCUT2D eigenvalue weighted by Crippen LogP contribution is -2.52. The number of piperidine rings is 2. The predicted octanol–water partition coefficient (Wildman–Crippen LogP) is 7.40. The Balaban J connectivity index is 1.19. The van der Waals surface area contributed by atoms with Crippen LogP contribution in [0.15, 0.2) is 66.7 Å². The molecule has 2 aliphatic rings. The van der Waals surface area contributed by atoms with Gasteiger partial charge in [-0.05, 0) is 92.7 Å². The molecule has 0 radical (unpaired) electrons. The average molecular weight is 557 g/mol. The lowest BCUT2D eigenvalue weighted by Gasteiger charge is -2.46. The van der Waals surface area contributed by atoms with Gasteiger partial charge in [0.1, 0.15) is 11.9 Å². The largest absolute Gasteiger partial charge is 0.490 e. The Morgan fingerprint density at radius 2 is 1.77 bits per heavy atom. The van der Waals surface area contributed by atoms with E-state index < -0.39 is 0 Å². The molecule has 0 spiro atoms. The number of carbonyl (C=O) groups excluding carboxylic acids is 1. The van der Waals surface area contributed by atoms with Crippen LogP contribution in [-0.4, -0.2) is 46.2 Å². The number of hydrogen-bond donors (Lipinski definition) is 2. The normalized spacial score (nSPS) is 21.9. The van der Waals surface area contributed by atoms with Crippen LogP contribution in [0, 0.1) is 5.92 Å². The summed E-state index contributed by atoms with van der Waals surface area (Å²) in [5.74, 6) is 0.932. The average Bonchev–Trinajstić information content (AvgIpc) is 3.36. The van der Waals surface area contributed by atoms with E-state index in [1.54, 1.807) is 0 Å². The van der Waals surface area contributed by atoms with Gasteiger partial charge in [0.25, 0.3) is 5.91 Å². The predicted molar refractivity (Wildman–Crippen MR) is 161 cm³/mol. The fraction of sp³-hybridized carbons (Fsp3) is 0.394. The Morgan fingerprint density at radius 3 is 2.48 bits per heavy atom. The van der Waals surface area contributed by atoms with E-state index in [9.17, 15) is 4.79 Å². The second-order valence-corrected chi connectivity index (χ2v) is 12.1. The van der Waals surface area contributed by atoms with Crippen LogP contribution in [0.4, 0.5) is 0 Å². The van der Waals surface area contributed by atoms with Crippen LogP contribution >= 0.6 is 11.6 Å². The summed E-state index contributed by atoms with van der Waals surface area (Å²) < 4.78 is 6.43. The molecule has 0 aliphatic carbocycles. The number of nitrogens with zero attached hydrogens (tertiary/aromatic N) is 2. The Morgan fingerprint density at radius 1 is 1.05 bits per heavy atom. The first-order chi connectivity index (χ1) is 19.4. The number of amides is 1. The van der Waals surface area contributed by atoms with Gasteiger partial charge in [0.2, 0.25) is 0 Å². The first-order valence-electron chi connectivity index (χ1n) is 14.4. The molecule has 2 unspecified atom stereocenters. The molecule has 2 fully saturated rings. The van der Waals surface area contributed by atoms with Crippen molar-refractivity contribution in [1.82, 2.24) is 20.4 Å². The fourth-order valence-electron chi connectivity index (χ4n) is 6.48. The molecule has 3 heterocycles. The van der Waals surface area contributed by atoms with Gasteiger partial charge in [-0.25, -0.2) is 0 Å². The lowest BCUT2D eigenvalue weighted by atomic mass is 9.83. The lowest BCUT2D eigenvalue weighted by molar-refractivity contribution is 0.000143. The van der Waals surface area contributed by atoms with Gasteiger partial charge in [0, 0.05) is 33.6 Å². The van der Waals surface area contributed by atoms with Gasteiger partial charge in [-0.1, -0.05) is 50.1 Å². The molecule has 2 bridgehead atoms. The third-order valence-corrected chi connectivity index (χ3v) is 9.09. The molecule has 1 amide bonds. The van der Waals surface area contributed by atoms with Crippen LogP contribution in [0.3, 0.4) is 0 Å². The first kappa shape index (κ1) is 26.9. The minimum Gasteiger partial charge on any atom is -0.490 e. The molecule has 4 aromatic rings. The molecule has 0 saturated carbocycles. The summed E-state index contributed by atoms with van der Waals surface area (Å²) in [6.07, 6.45) is 6.34. The van der Waals surface area contributed by atoms with Gasteiger partial charge in [-0.15, -0.1) is 0 Å². The zero-order valence-corrected chi connectivity index (χ0v) is 24.1. The van der Waals surface area contributed by atoms with Crippen LogP contribution in [0.2, 0.25) is 5.02 Å². The van der Waals surface area contributed by atoms with Crippen molar-refractivity contribution in [3.8, 4) is 17.0 Å². The number of ether oxygens (including phenoxy) is 1. The van der Waals surface area contributed by atoms with E-state index in [1.165, 1.54) is 19.3 Å². The molecule has 7 heteroatoms. The molecule has 208 valence electrons. The number of hydrogen-bond acceptors (Lipinski definition) is 4. The smallest absolute Gasteiger partial charge is 0.251 e. The third-order valence-electron chi connectivity index (χ3n) is 8.75. The summed E-state index contributed by atoms with van der Waals surface area (Å²) in [5.41, 5.74) is 4.18. The van der Waals surface area contributed by atoms with Gasteiger partial charge < -0.3 is 15.0 Å². The highest BCUT2D eigenvalue weighted by Gasteiger charge is 2.36. The van der Waals surface area contributed by atoms with Crippen molar-refractivity contribution >= 4 is 28.4 Å². The van der Waals surface area contributed by atoms with E-state index in [2.05, 4.69) is 53.4 Å². The Bertz CT molecular complexity index is 1480. The van der Waals surface area contributed by atoms with Crippen molar-refractivity contribution < 1.29 is 9.53 Å².